The van der Waals surface area contributed by atoms with Crippen LogP contribution in [0.5, 0.6) is 0 Å². The second-order valence-corrected chi connectivity index (χ2v) is 8.38. The number of piperazine rings is 1. The monoisotopic (exact) mass is 386 g/mol. The average molecular weight is 387 g/mol. The van der Waals surface area contributed by atoms with Crippen molar-refractivity contribution in [2.75, 3.05) is 57.7 Å². The molecule has 2 amide bonds. The van der Waals surface area contributed by atoms with Crippen molar-refractivity contribution in [3.8, 4) is 0 Å². The molecular formula is C22H34N4O2. The lowest BCUT2D eigenvalue weighted by Crippen LogP contribution is -2.51. The second kappa shape index (κ2) is 9.52. The van der Waals surface area contributed by atoms with Crippen LogP contribution in [0, 0.1) is 6.92 Å². The number of anilines is 1. The number of aryl methyl sites for hydroxylation is 1. The van der Waals surface area contributed by atoms with E-state index in [4.69, 9.17) is 0 Å². The summed E-state index contributed by atoms with van der Waals surface area (Å²) in [5.74, 6) is 0.661. The first-order valence-corrected chi connectivity index (χ1v) is 10.6. The maximum atomic E-state index is 12.6. The fraction of sp³-hybridized carbons (Fsp3) is 0.636. The number of amides is 2. The van der Waals surface area contributed by atoms with Gasteiger partial charge in [-0.2, -0.15) is 0 Å². The van der Waals surface area contributed by atoms with Crippen molar-refractivity contribution < 1.29 is 9.59 Å². The summed E-state index contributed by atoms with van der Waals surface area (Å²) in [6, 6.07) is 6.17. The Balaban J connectivity index is 1.46. The van der Waals surface area contributed by atoms with E-state index in [1.165, 1.54) is 5.56 Å². The summed E-state index contributed by atoms with van der Waals surface area (Å²) < 4.78 is 0. The third-order valence-corrected chi connectivity index (χ3v) is 5.84. The summed E-state index contributed by atoms with van der Waals surface area (Å²) >= 11 is 0. The lowest BCUT2D eigenvalue weighted by Gasteiger charge is -2.34. The molecule has 0 saturated carbocycles. The predicted molar refractivity (Wildman–Crippen MR) is 113 cm³/mol. The summed E-state index contributed by atoms with van der Waals surface area (Å²) in [6.07, 6.45) is 2.27. The molecule has 0 spiro atoms. The normalized spacial score (nSPS) is 18.6. The van der Waals surface area contributed by atoms with Crippen molar-refractivity contribution in [1.29, 1.82) is 0 Å². The van der Waals surface area contributed by atoms with Gasteiger partial charge in [0.1, 0.15) is 0 Å². The number of rotatable bonds is 6. The topological polar surface area (TPSA) is 55.9 Å². The Kier molecular flexibility index (Phi) is 7.08. The maximum Gasteiger partial charge on any atom is 0.238 e. The highest BCUT2D eigenvalue weighted by atomic mass is 16.2. The van der Waals surface area contributed by atoms with E-state index in [9.17, 15) is 9.59 Å². The molecule has 28 heavy (non-hydrogen) atoms. The van der Waals surface area contributed by atoms with Crippen molar-refractivity contribution in [3.63, 3.8) is 0 Å². The van der Waals surface area contributed by atoms with Crippen LogP contribution < -0.4 is 5.32 Å². The van der Waals surface area contributed by atoms with E-state index in [0.717, 1.165) is 63.4 Å². The number of hydrogen-bond acceptors (Lipinski definition) is 4. The molecule has 1 aromatic carbocycles. The molecule has 2 saturated heterocycles. The average Bonchev–Trinajstić information content (AvgIpc) is 3.19. The summed E-state index contributed by atoms with van der Waals surface area (Å²) in [6.45, 7) is 12.4. The van der Waals surface area contributed by atoms with Crippen LogP contribution in [-0.4, -0.2) is 78.9 Å². The molecule has 1 aromatic rings. The quantitative estimate of drug-likeness (QED) is 0.815. The smallest absolute Gasteiger partial charge is 0.238 e. The maximum absolute atomic E-state index is 12.6. The van der Waals surface area contributed by atoms with Crippen LogP contribution in [0.15, 0.2) is 18.2 Å². The minimum atomic E-state index is 0.0396. The Morgan fingerprint density at radius 3 is 2.18 bits per heavy atom. The molecular weight excluding hydrogens is 352 g/mol. The lowest BCUT2D eigenvalue weighted by molar-refractivity contribution is -0.132. The van der Waals surface area contributed by atoms with Crippen LogP contribution in [0.3, 0.4) is 0 Å². The van der Waals surface area contributed by atoms with E-state index >= 15 is 0 Å². The van der Waals surface area contributed by atoms with Crippen molar-refractivity contribution >= 4 is 17.5 Å². The molecule has 6 heteroatoms. The molecule has 0 aromatic heterocycles. The first-order chi connectivity index (χ1) is 13.4. The fourth-order valence-corrected chi connectivity index (χ4v) is 4.09. The van der Waals surface area contributed by atoms with Crippen LogP contribution in [0.4, 0.5) is 5.69 Å². The highest BCUT2D eigenvalue weighted by Crippen LogP contribution is 2.27. The van der Waals surface area contributed by atoms with Gasteiger partial charge in [-0.1, -0.05) is 32.0 Å². The minimum Gasteiger partial charge on any atom is -0.342 e. The van der Waals surface area contributed by atoms with Crippen molar-refractivity contribution in [2.45, 2.75) is 39.5 Å². The van der Waals surface area contributed by atoms with Gasteiger partial charge in [-0.25, -0.2) is 0 Å². The zero-order valence-electron chi connectivity index (χ0n) is 17.5. The van der Waals surface area contributed by atoms with Crippen LogP contribution in [0.2, 0.25) is 0 Å². The highest BCUT2D eigenvalue weighted by Gasteiger charge is 2.24. The summed E-state index contributed by atoms with van der Waals surface area (Å²) in [5, 5.41) is 3.13. The molecule has 2 aliphatic heterocycles. The first-order valence-electron chi connectivity index (χ1n) is 10.6. The SMILES string of the molecule is Cc1cccc(C(C)C)c1NC(=O)CN1CCN(CC(=O)N2CCCC2)CC1. The van der Waals surface area contributed by atoms with E-state index in [-0.39, 0.29) is 11.8 Å². The third kappa shape index (κ3) is 5.32. The van der Waals surface area contributed by atoms with E-state index in [1.54, 1.807) is 0 Å². The predicted octanol–water partition coefficient (Wildman–Crippen LogP) is 2.30. The fourth-order valence-electron chi connectivity index (χ4n) is 4.09. The number of likely N-dealkylation sites (tertiary alicyclic amines) is 1. The number of nitrogens with one attached hydrogen (secondary N) is 1. The summed E-state index contributed by atoms with van der Waals surface area (Å²) in [4.78, 5) is 31.3. The van der Waals surface area contributed by atoms with Gasteiger partial charge < -0.3 is 10.2 Å². The van der Waals surface area contributed by atoms with E-state index in [1.807, 2.05) is 24.0 Å². The second-order valence-electron chi connectivity index (χ2n) is 8.38. The number of hydrogen-bond donors (Lipinski definition) is 1. The molecule has 6 nitrogen and oxygen atoms in total. The van der Waals surface area contributed by atoms with E-state index in [2.05, 4.69) is 35.0 Å². The van der Waals surface area contributed by atoms with Gasteiger partial charge in [0.25, 0.3) is 0 Å². The van der Waals surface area contributed by atoms with Crippen molar-refractivity contribution in [1.82, 2.24) is 14.7 Å². The molecule has 1 N–H and O–H groups in total. The zero-order valence-corrected chi connectivity index (χ0v) is 17.5. The number of nitrogens with zero attached hydrogens (tertiary/aromatic N) is 3. The molecule has 154 valence electrons. The molecule has 0 unspecified atom stereocenters. The molecule has 0 aliphatic carbocycles. The van der Waals surface area contributed by atoms with Crippen LogP contribution in [0.1, 0.15) is 43.7 Å². The van der Waals surface area contributed by atoms with Crippen LogP contribution in [0.25, 0.3) is 0 Å². The zero-order chi connectivity index (χ0) is 20.1. The molecule has 3 rings (SSSR count). The number of carbonyl (C=O) groups is 2. The Morgan fingerprint density at radius 1 is 0.964 bits per heavy atom. The van der Waals surface area contributed by atoms with Gasteiger partial charge in [0.15, 0.2) is 0 Å². The molecule has 2 aliphatic rings. The molecule has 0 radical (unpaired) electrons. The largest absolute Gasteiger partial charge is 0.342 e. The Bertz CT molecular complexity index is 690. The standard InChI is InChI=1S/C22H34N4O2/c1-17(2)19-8-6-7-18(3)22(19)23-20(27)15-24-11-13-25(14-12-24)16-21(28)26-9-4-5-10-26/h6-8,17H,4-5,9-16H2,1-3H3,(H,23,27). The summed E-state index contributed by atoms with van der Waals surface area (Å²) in [5.41, 5.74) is 3.24. The Hall–Kier alpha value is -1.92. The molecule has 2 fully saturated rings. The van der Waals surface area contributed by atoms with Gasteiger partial charge >= 0.3 is 0 Å². The number of para-hydroxylation sites is 1. The van der Waals surface area contributed by atoms with Gasteiger partial charge in [-0.05, 0) is 36.8 Å². The van der Waals surface area contributed by atoms with Crippen LogP contribution in [-0.2, 0) is 9.59 Å². The Labute approximate surface area is 168 Å². The highest BCUT2D eigenvalue weighted by molar-refractivity contribution is 5.94. The minimum absolute atomic E-state index is 0.0396. The van der Waals surface area contributed by atoms with Crippen LogP contribution >= 0.6 is 0 Å². The van der Waals surface area contributed by atoms with Crippen molar-refractivity contribution in [2.24, 2.45) is 0 Å². The third-order valence-electron chi connectivity index (χ3n) is 5.84. The first kappa shape index (κ1) is 20.8. The lowest BCUT2D eigenvalue weighted by atomic mass is 9.98. The van der Waals surface area contributed by atoms with Crippen molar-refractivity contribution in [3.05, 3.63) is 29.3 Å². The number of benzene rings is 1. The van der Waals surface area contributed by atoms with E-state index in [0.29, 0.717) is 19.0 Å². The van der Waals surface area contributed by atoms with Gasteiger partial charge in [-0.15, -0.1) is 0 Å². The van der Waals surface area contributed by atoms with Gasteiger partial charge in [-0.3, -0.25) is 19.4 Å². The number of carbonyl (C=O) groups excluding carboxylic acids is 2. The Morgan fingerprint density at radius 2 is 1.57 bits per heavy atom. The van der Waals surface area contributed by atoms with Gasteiger partial charge in [0.05, 0.1) is 13.1 Å². The summed E-state index contributed by atoms with van der Waals surface area (Å²) in [7, 11) is 0. The van der Waals surface area contributed by atoms with Gasteiger partial charge in [0, 0.05) is 45.0 Å². The van der Waals surface area contributed by atoms with E-state index < -0.39 is 0 Å². The van der Waals surface area contributed by atoms with Gasteiger partial charge in [0.2, 0.25) is 11.8 Å². The molecule has 2 heterocycles. The molecule has 0 bridgehead atoms. The molecule has 0 atom stereocenters.